The van der Waals surface area contributed by atoms with Gasteiger partial charge in [-0.3, -0.25) is 9.97 Å². The predicted octanol–water partition coefficient (Wildman–Crippen LogP) is 3.93. The minimum Gasteiger partial charge on any atom is -0.440 e. The van der Waals surface area contributed by atoms with Crippen molar-refractivity contribution in [3.05, 3.63) is 65.7 Å². The molecule has 0 spiro atoms. The fourth-order valence-electron chi connectivity index (χ4n) is 3.12. The van der Waals surface area contributed by atoms with Crippen molar-refractivity contribution in [2.45, 2.75) is 31.6 Å². The van der Waals surface area contributed by atoms with E-state index in [0.717, 1.165) is 48.4 Å². The second-order valence-corrected chi connectivity index (χ2v) is 5.83. The molecule has 4 rings (SSSR count). The van der Waals surface area contributed by atoms with E-state index in [0.29, 0.717) is 5.89 Å². The van der Waals surface area contributed by atoms with Gasteiger partial charge in [0.1, 0.15) is 17.3 Å². The molecule has 0 bridgehead atoms. The van der Waals surface area contributed by atoms with Crippen molar-refractivity contribution in [3.63, 3.8) is 0 Å². The molecule has 23 heavy (non-hydrogen) atoms. The van der Waals surface area contributed by atoms with Crippen LogP contribution in [0.25, 0.3) is 11.6 Å². The number of aryl methyl sites for hydroxylation is 1. The predicted molar refractivity (Wildman–Crippen MR) is 83.3 cm³/mol. The average Bonchev–Trinajstić information content (AvgIpc) is 2.87. The number of rotatable bonds is 2. The SMILES string of the molecule is Fc1cncc(C2CCCc3oc(-c4ccccn4)nc3C2)c1. The molecule has 0 N–H and O–H groups in total. The molecule has 116 valence electrons. The molecule has 1 atom stereocenters. The van der Waals surface area contributed by atoms with Gasteiger partial charge in [0, 0.05) is 25.2 Å². The van der Waals surface area contributed by atoms with E-state index in [1.165, 1.54) is 6.20 Å². The number of halogens is 1. The van der Waals surface area contributed by atoms with Gasteiger partial charge < -0.3 is 4.42 Å². The summed E-state index contributed by atoms with van der Waals surface area (Å²) in [6, 6.07) is 7.24. The lowest BCUT2D eigenvalue weighted by Gasteiger charge is -2.13. The van der Waals surface area contributed by atoms with Crippen LogP contribution in [0.2, 0.25) is 0 Å². The lowest BCUT2D eigenvalue weighted by molar-refractivity contribution is 0.504. The van der Waals surface area contributed by atoms with E-state index in [-0.39, 0.29) is 11.7 Å². The average molecular weight is 309 g/mol. The van der Waals surface area contributed by atoms with Gasteiger partial charge in [-0.2, -0.15) is 0 Å². The van der Waals surface area contributed by atoms with Crippen molar-refractivity contribution < 1.29 is 8.81 Å². The zero-order valence-electron chi connectivity index (χ0n) is 12.6. The molecule has 0 fully saturated rings. The molecule has 3 heterocycles. The maximum atomic E-state index is 13.4. The Kier molecular flexibility index (Phi) is 3.61. The monoisotopic (exact) mass is 309 g/mol. The number of pyridine rings is 2. The molecule has 0 aromatic carbocycles. The van der Waals surface area contributed by atoms with Crippen LogP contribution >= 0.6 is 0 Å². The largest absolute Gasteiger partial charge is 0.440 e. The Morgan fingerprint density at radius 3 is 3.00 bits per heavy atom. The molecular weight excluding hydrogens is 293 g/mol. The van der Waals surface area contributed by atoms with E-state index < -0.39 is 0 Å². The van der Waals surface area contributed by atoms with Crippen LogP contribution in [0.15, 0.2) is 47.3 Å². The van der Waals surface area contributed by atoms with Crippen LogP contribution in [0.1, 0.15) is 35.8 Å². The number of fused-ring (bicyclic) bond motifs is 1. The molecule has 0 aliphatic heterocycles. The van der Waals surface area contributed by atoms with Crippen molar-refractivity contribution in [3.8, 4) is 11.6 Å². The molecule has 3 aromatic rings. The van der Waals surface area contributed by atoms with Gasteiger partial charge in [-0.05, 0) is 42.5 Å². The molecule has 0 radical (unpaired) electrons. The molecule has 0 saturated carbocycles. The number of hydrogen-bond acceptors (Lipinski definition) is 4. The fraction of sp³-hybridized carbons (Fsp3) is 0.278. The highest BCUT2D eigenvalue weighted by Crippen LogP contribution is 2.33. The van der Waals surface area contributed by atoms with Gasteiger partial charge in [-0.15, -0.1) is 0 Å². The number of oxazole rings is 1. The van der Waals surface area contributed by atoms with Crippen LogP contribution in [0.5, 0.6) is 0 Å². The molecule has 1 aliphatic rings. The number of nitrogens with zero attached hydrogens (tertiary/aromatic N) is 3. The zero-order chi connectivity index (χ0) is 15.6. The smallest absolute Gasteiger partial charge is 0.245 e. The quantitative estimate of drug-likeness (QED) is 0.673. The number of aromatic nitrogens is 3. The minimum absolute atomic E-state index is 0.223. The summed E-state index contributed by atoms with van der Waals surface area (Å²) in [5.41, 5.74) is 2.63. The van der Waals surface area contributed by atoms with Crippen LogP contribution in [-0.2, 0) is 12.8 Å². The second kappa shape index (κ2) is 5.91. The van der Waals surface area contributed by atoms with Crippen LogP contribution in [0.4, 0.5) is 4.39 Å². The van der Waals surface area contributed by atoms with Crippen LogP contribution in [-0.4, -0.2) is 15.0 Å². The van der Waals surface area contributed by atoms with Crippen molar-refractivity contribution in [1.82, 2.24) is 15.0 Å². The third-order valence-corrected chi connectivity index (χ3v) is 4.26. The van der Waals surface area contributed by atoms with Crippen LogP contribution in [0, 0.1) is 5.82 Å². The first-order valence-corrected chi connectivity index (χ1v) is 7.80. The normalized spacial score (nSPS) is 17.5. The van der Waals surface area contributed by atoms with Gasteiger partial charge in [0.2, 0.25) is 5.89 Å². The van der Waals surface area contributed by atoms with E-state index in [1.54, 1.807) is 18.5 Å². The molecule has 1 aliphatic carbocycles. The van der Waals surface area contributed by atoms with Crippen LogP contribution in [0.3, 0.4) is 0 Å². The Morgan fingerprint density at radius 1 is 1.22 bits per heavy atom. The highest BCUT2D eigenvalue weighted by Gasteiger charge is 2.24. The van der Waals surface area contributed by atoms with Crippen molar-refractivity contribution >= 4 is 0 Å². The number of hydrogen-bond donors (Lipinski definition) is 0. The Labute approximate surface area is 133 Å². The lowest BCUT2D eigenvalue weighted by atomic mass is 9.93. The van der Waals surface area contributed by atoms with E-state index in [4.69, 9.17) is 4.42 Å². The van der Waals surface area contributed by atoms with Gasteiger partial charge in [0.25, 0.3) is 0 Å². The Morgan fingerprint density at radius 2 is 2.17 bits per heavy atom. The van der Waals surface area contributed by atoms with Crippen molar-refractivity contribution in [1.29, 1.82) is 0 Å². The van der Waals surface area contributed by atoms with Crippen molar-refractivity contribution in [2.75, 3.05) is 0 Å². The Bertz CT molecular complexity index is 816. The highest BCUT2D eigenvalue weighted by molar-refractivity contribution is 5.47. The fourth-order valence-corrected chi connectivity index (χ4v) is 3.12. The maximum Gasteiger partial charge on any atom is 0.245 e. The van der Waals surface area contributed by atoms with E-state index >= 15 is 0 Å². The first-order chi connectivity index (χ1) is 11.3. The van der Waals surface area contributed by atoms with Gasteiger partial charge in [0.15, 0.2) is 0 Å². The maximum absolute atomic E-state index is 13.4. The highest BCUT2D eigenvalue weighted by atomic mass is 19.1. The second-order valence-electron chi connectivity index (χ2n) is 5.83. The summed E-state index contributed by atoms with van der Waals surface area (Å²) in [4.78, 5) is 12.9. The topological polar surface area (TPSA) is 51.8 Å². The van der Waals surface area contributed by atoms with E-state index in [1.807, 2.05) is 18.2 Å². The molecule has 0 amide bonds. The molecular formula is C18H16FN3O. The summed E-state index contributed by atoms with van der Waals surface area (Å²) in [6.45, 7) is 0. The minimum atomic E-state index is -0.290. The summed E-state index contributed by atoms with van der Waals surface area (Å²) < 4.78 is 19.4. The zero-order valence-corrected chi connectivity index (χ0v) is 12.6. The third-order valence-electron chi connectivity index (χ3n) is 4.26. The molecule has 3 aromatic heterocycles. The first kappa shape index (κ1) is 14.1. The molecule has 5 heteroatoms. The first-order valence-electron chi connectivity index (χ1n) is 7.80. The third kappa shape index (κ3) is 2.86. The summed E-state index contributed by atoms with van der Waals surface area (Å²) >= 11 is 0. The summed E-state index contributed by atoms with van der Waals surface area (Å²) in [7, 11) is 0. The van der Waals surface area contributed by atoms with Gasteiger partial charge in [-0.25, -0.2) is 9.37 Å². The summed E-state index contributed by atoms with van der Waals surface area (Å²) in [5, 5.41) is 0. The van der Waals surface area contributed by atoms with E-state index in [2.05, 4.69) is 15.0 Å². The molecule has 0 saturated heterocycles. The lowest BCUT2D eigenvalue weighted by Crippen LogP contribution is -2.03. The van der Waals surface area contributed by atoms with Crippen LogP contribution < -0.4 is 0 Å². The summed E-state index contributed by atoms with van der Waals surface area (Å²) in [6.07, 6.45) is 8.29. The standard InChI is InChI=1S/C18H16FN3O/c19-14-8-13(10-20-11-14)12-4-3-6-17-16(9-12)22-18(23-17)15-5-1-2-7-21-15/h1-2,5,7-8,10-12H,3-4,6,9H2. The van der Waals surface area contributed by atoms with Gasteiger partial charge in [0.05, 0.1) is 11.9 Å². The molecule has 1 unspecified atom stereocenters. The molecule has 4 nitrogen and oxygen atoms in total. The van der Waals surface area contributed by atoms with Gasteiger partial charge in [-0.1, -0.05) is 6.07 Å². The Hall–Kier alpha value is -2.56. The van der Waals surface area contributed by atoms with Gasteiger partial charge >= 0.3 is 0 Å². The van der Waals surface area contributed by atoms with Crippen molar-refractivity contribution in [2.24, 2.45) is 0 Å². The van der Waals surface area contributed by atoms with E-state index in [9.17, 15) is 4.39 Å². The Balaban J connectivity index is 1.65. The summed E-state index contributed by atoms with van der Waals surface area (Å²) in [5.74, 6) is 1.42.